The van der Waals surface area contributed by atoms with Gasteiger partial charge in [-0.15, -0.1) is 0 Å². The minimum absolute atomic E-state index is 0.141. The highest BCUT2D eigenvalue weighted by Gasteiger charge is 2.25. The van der Waals surface area contributed by atoms with Crippen molar-refractivity contribution in [1.29, 1.82) is 0 Å². The summed E-state index contributed by atoms with van der Waals surface area (Å²) in [6.07, 6.45) is 5.31. The van der Waals surface area contributed by atoms with Gasteiger partial charge in [0.05, 0.1) is 18.8 Å². The lowest BCUT2D eigenvalue weighted by molar-refractivity contribution is -0.143. The molecule has 0 unspecified atom stereocenters. The molecular weight excluding hydrogens is 500 g/mol. The van der Waals surface area contributed by atoms with Crippen molar-refractivity contribution in [3.05, 3.63) is 76.0 Å². The van der Waals surface area contributed by atoms with E-state index < -0.39 is 5.60 Å². The number of hydrogen-bond donors (Lipinski definition) is 0. The first kappa shape index (κ1) is 28.0. The first-order chi connectivity index (χ1) is 18.6. The molecule has 1 aromatic carbocycles. The Kier molecular flexibility index (Phi) is 8.80. The van der Waals surface area contributed by atoms with Crippen LogP contribution in [0, 0.1) is 0 Å². The molecule has 2 aromatic heterocycles. The van der Waals surface area contributed by atoms with Crippen molar-refractivity contribution in [2.75, 3.05) is 39.3 Å². The standard InChI is InChI=1S/C28H36N6O5/c1-28(2,3)39-27(37)33-12-10-32(11-13-33)14-15-38-26(36)18-22-7-5-6-21(16-22)17-24-25(35)8-9-34(30-24)23-19-29-31(4)20-23/h5-9,16,19-20H,10-15,17-18H2,1-4H3. The minimum Gasteiger partial charge on any atom is -0.464 e. The number of benzene rings is 1. The van der Waals surface area contributed by atoms with Crippen LogP contribution in [0.3, 0.4) is 0 Å². The van der Waals surface area contributed by atoms with Gasteiger partial charge in [-0.2, -0.15) is 10.2 Å². The fraction of sp³-hybridized carbons (Fsp3) is 0.464. The molecule has 0 radical (unpaired) electrons. The number of aromatic nitrogens is 4. The van der Waals surface area contributed by atoms with Crippen molar-refractivity contribution in [3.63, 3.8) is 0 Å². The number of aryl methyl sites for hydroxylation is 1. The molecule has 208 valence electrons. The summed E-state index contributed by atoms with van der Waals surface area (Å²) in [6, 6.07) is 9.04. The smallest absolute Gasteiger partial charge is 0.410 e. The predicted octanol–water partition coefficient (Wildman–Crippen LogP) is 2.20. The SMILES string of the molecule is Cn1cc(-n2ccc(=O)c(Cc3cccc(CC(=O)OCCN4CCN(C(=O)OC(C)(C)C)CC4)c3)n2)cn1. The van der Waals surface area contributed by atoms with E-state index in [1.807, 2.05) is 58.3 Å². The number of amides is 1. The molecule has 3 heterocycles. The fourth-order valence-corrected chi connectivity index (χ4v) is 4.27. The van der Waals surface area contributed by atoms with E-state index in [0.717, 1.165) is 16.8 Å². The number of hydrogen-bond acceptors (Lipinski definition) is 8. The third-order valence-electron chi connectivity index (χ3n) is 6.24. The molecule has 0 atom stereocenters. The zero-order valence-corrected chi connectivity index (χ0v) is 23.0. The van der Waals surface area contributed by atoms with Crippen LogP contribution in [-0.2, 0) is 34.2 Å². The lowest BCUT2D eigenvalue weighted by Crippen LogP contribution is -2.50. The Morgan fingerprint density at radius 2 is 1.79 bits per heavy atom. The zero-order chi connectivity index (χ0) is 28.0. The lowest BCUT2D eigenvalue weighted by atomic mass is 10.0. The zero-order valence-electron chi connectivity index (χ0n) is 23.0. The molecule has 39 heavy (non-hydrogen) atoms. The third-order valence-corrected chi connectivity index (χ3v) is 6.24. The van der Waals surface area contributed by atoms with Crippen LogP contribution in [0.2, 0.25) is 0 Å². The van der Waals surface area contributed by atoms with E-state index in [-0.39, 0.29) is 30.5 Å². The van der Waals surface area contributed by atoms with Gasteiger partial charge < -0.3 is 14.4 Å². The number of carbonyl (C=O) groups excluding carboxylic acids is 2. The quantitative estimate of drug-likeness (QED) is 0.403. The molecule has 0 saturated carbocycles. The van der Waals surface area contributed by atoms with E-state index in [0.29, 0.717) is 44.8 Å². The van der Waals surface area contributed by atoms with Gasteiger partial charge in [0, 0.05) is 58.5 Å². The molecule has 0 bridgehead atoms. The van der Waals surface area contributed by atoms with Gasteiger partial charge in [-0.25, -0.2) is 9.48 Å². The first-order valence-corrected chi connectivity index (χ1v) is 13.1. The van der Waals surface area contributed by atoms with Gasteiger partial charge in [0.2, 0.25) is 5.43 Å². The van der Waals surface area contributed by atoms with Crippen LogP contribution in [0.4, 0.5) is 4.79 Å². The third kappa shape index (κ3) is 8.25. The Hall–Kier alpha value is -3.99. The molecule has 11 nitrogen and oxygen atoms in total. The normalized spacial score (nSPS) is 14.3. The Balaban J connectivity index is 1.24. The molecule has 0 N–H and O–H groups in total. The maximum atomic E-state index is 12.5. The summed E-state index contributed by atoms with van der Waals surface area (Å²) in [5.41, 5.74) is 2.21. The summed E-state index contributed by atoms with van der Waals surface area (Å²) in [5.74, 6) is -0.309. The molecule has 1 fully saturated rings. The van der Waals surface area contributed by atoms with E-state index >= 15 is 0 Å². The van der Waals surface area contributed by atoms with Crippen molar-refractivity contribution >= 4 is 12.1 Å². The second-order valence-corrected chi connectivity index (χ2v) is 10.6. The summed E-state index contributed by atoms with van der Waals surface area (Å²) in [4.78, 5) is 41.0. The van der Waals surface area contributed by atoms with Crippen LogP contribution in [0.15, 0.2) is 53.7 Å². The molecule has 1 saturated heterocycles. The summed E-state index contributed by atoms with van der Waals surface area (Å²) in [7, 11) is 1.82. The van der Waals surface area contributed by atoms with Crippen molar-refractivity contribution in [3.8, 4) is 5.69 Å². The van der Waals surface area contributed by atoms with Gasteiger partial charge in [-0.05, 0) is 31.9 Å². The van der Waals surface area contributed by atoms with E-state index in [4.69, 9.17) is 9.47 Å². The van der Waals surface area contributed by atoms with Crippen LogP contribution < -0.4 is 5.43 Å². The highest BCUT2D eigenvalue weighted by molar-refractivity contribution is 5.72. The van der Waals surface area contributed by atoms with Gasteiger partial charge in [-0.1, -0.05) is 24.3 Å². The maximum Gasteiger partial charge on any atom is 0.410 e. The Bertz CT molecular complexity index is 1350. The highest BCUT2D eigenvalue weighted by atomic mass is 16.6. The monoisotopic (exact) mass is 536 g/mol. The number of carbonyl (C=O) groups is 2. The Labute approximate surface area is 227 Å². The summed E-state index contributed by atoms with van der Waals surface area (Å²) in [6.45, 7) is 9.03. The fourth-order valence-electron chi connectivity index (χ4n) is 4.27. The van der Waals surface area contributed by atoms with Crippen molar-refractivity contribution in [1.82, 2.24) is 29.4 Å². The molecular formula is C28H36N6O5. The van der Waals surface area contributed by atoms with Crippen LogP contribution >= 0.6 is 0 Å². The van der Waals surface area contributed by atoms with Crippen molar-refractivity contribution in [2.45, 2.75) is 39.2 Å². The van der Waals surface area contributed by atoms with Crippen LogP contribution in [0.25, 0.3) is 5.69 Å². The summed E-state index contributed by atoms with van der Waals surface area (Å²) >= 11 is 0. The molecule has 11 heteroatoms. The molecule has 1 aliphatic heterocycles. The van der Waals surface area contributed by atoms with Crippen molar-refractivity contribution in [2.24, 2.45) is 7.05 Å². The molecule has 1 amide bonds. The Morgan fingerprint density at radius 1 is 1.05 bits per heavy atom. The summed E-state index contributed by atoms with van der Waals surface area (Å²) < 4.78 is 14.2. The molecule has 0 spiro atoms. The van der Waals surface area contributed by atoms with Gasteiger partial charge in [0.25, 0.3) is 0 Å². The van der Waals surface area contributed by atoms with Gasteiger partial charge in [-0.3, -0.25) is 19.2 Å². The van der Waals surface area contributed by atoms with Gasteiger partial charge >= 0.3 is 12.1 Å². The predicted molar refractivity (Wildman–Crippen MR) is 145 cm³/mol. The second-order valence-electron chi connectivity index (χ2n) is 10.6. The van der Waals surface area contributed by atoms with Gasteiger partial charge in [0.15, 0.2) is 0 Å². The average molecular weight is 537 g/mol. The first-order valence-electron chi connectivity index (χ1n) is 13.1. The van der Waals surface area contributed by atoms with E-state index in [1.165, 1.54) is 6.07 Å². The highest BCUT2D eigenvalue weighted by Crippen LogP contribution is 2.13. The largest absolute Gasteiger partial charge is 0.464 e. The van der Waals surface area contributed by atoms with Crippen LogP contribution in [0.1, 0.15) is 37.6 Å². The van der Waals surface area contributed by atoms with Crippen LogP contribution in [0.5, 0.6) is 0 Å². The van der Waals surface area contributed by atoms with Gasteiger partial charge in [0.1, 0.15) is 23.6 Å². The topological polar surface area (TPSA) is 112 Å². The Morgan fingerprint density at radius 3 is 2.49 bits per heavy atom. The lowest BCUT2D eigenvalue weighted by Gasteiger charge is -2.35. The van der Waals surface area contributed by atoms with E-state index in [1.54, 1.807) is 26.7 Å². The number of piperazine rings is 1. The second kappa shape index (κ2) is 12.2. The number of ether oxygens (including phenoxy) is 2. The molecule has 1 aliphatic rings. The minimum atomic E-state index is -0.512. The maximum absolute atomic E-state index is 12.5. The number of rotatable bonds is 8. The summed E-state index contributed by atoms with van der Waals surface area (Å²) in [5, 5.41) is 8.63. The van der Waals surface area contributed by atoms with Crippen molar-refractivity contribution < 1.29 is 19.1 Å². The number of nitrogens with zero attached hydrogens (tertiary/aromatic N) is 6. The molecule has 4 rings (SSSR count). The molecule has 0 aliphatic carbocycles. The average Bonchev–Trinajstić information content (AvgIpc) is 3.31. The number of esters is 1. The molecule has 3 aromatic rings. The van der Waals surface area contributed by atoms with Crippen LogP contribution in [-0.4, -0.2) is 86.4 Å². The van der Waals surface area contributed by atoms with E-state index in [9.17, 15) is 14.4 Å². The van der Waals surface area contributed by atoms with E-state index in [2.05, 4.69) is 15.1 Å².